The van der Waals surface area contributed by atoms with E-state index in [0.29, 0.717) is 6.54 Å². The molecule has 244 valence electrons. The van der Waals surface area contributed by atoms with E-state index in [1.807, 2.05) is 52.8 Å². The first-order valence-electron chi connectivity index (χ1n) is 16.0. The van der Waals surface area contributed by atoms with Gasteiger partial charge in [-0.1, -0.05) is 69.4 Å². The molecule has 0 bridgehead atoms. The summed E-state index contributed by atoms with van der Waals surface area (Å²) in [5, 5.41) is 15.8. The maximum atomic E-state index is 14.7. The van der Waals surface area contributed by atoms with Crippen LogP contribution in [0, 0.1) is 13.8 Å². The monoisotopic (exact) mass is 609 g/mol. The van der Waals surface area contributed by atoms with Gasteiger partial charge in [-0.2, -0.15) is 0 Å². The summed E-state index contributed by atoms with van der Waals surface area (Å²) in [7, 11) is 0. The van der Waals surface area contributed by atoms with Crippen molar-refractivity contribution in [1.82, 2.24) is 15.5 Å². The molecule has 2 atom stereocenters. The van der Waals surface area contributed by atoms with Crippen molar-refractivity contribution < 1.29 is 24.2 Å². The molecule has 0 fully saturated rings. The van der Waals surface area contributed by atoms with Crippen LogP contribution in [0.15, 0.2) is 42.5 Å². The van der Waals surface area contributed by atoms with Gasteiger partial charge in [-0.3, -0.25) is 9.59 Å². The van der Waals surface area contributed by atoms with Crippen LogP contribution in [0.3, 0.4) is 0 Å². The van der Waals surface area contributed by atoms with Crippen LogP contribution >= 0.6 is 0 Å². The van der Waals surface area contributed by atoms with E-state index in [9.17, 15) is 19.5 Å². The van der Waals surface area contributed by atoms with E-state index in [0.717, 1.165) is 60.8 Å². The number of rotatable bonds is 14. The molecule has 0 saturated heterocycles. The lowest BCUT2D eigenvalue weighted by Crippen LogP contribution is -2.55. The number of phenols is 1. The number of carbonyl (C=O) groups excluding carboxylic acids is 3. The molecule has 0 aliphatic carbocycles. The lowest BCUT2D eigenvalue weighted by atomic mass is 9.92. The molecule has 0 aromatic heterocycles. The third-order valence-electron chi connectivity index (χ3n) is 7.27. The Bertz CT molecular complexity index is 1210. The van der Waals surface area contributed by atoms with Gasteiger partial charge in [0.15, 0.2) is 0 Å². The highest BCUT2D eigenvalue weighted by atomic mass is 16.6. The van der Waals surface area contributed by atoms with Gasteiger partial charge in [0.25, 0.3) is 0 Å². The summed E-state index contributed by atoms with van der Waals surface area (Å²) >= 11 is 0. The van der Waals surface area contributed by atoms with Crippen molar-refractivity contribution in [2.45, 2.75) is 130 Å². The Morgan fingerprint density at radius 3 is 1.98 bits per heavy atom. The average molecular weight is 610 g/mol. The number of nitrogens with one attached hydrogen (secondary N) is 2. The van der Waals surface area contributed by atoms with Crippen LogP contribution in [-0.2, 0) is 20.7 Å². The summed E-state index contributed by atoms with van der Waals surface area (Å²) in [6.45, 7) is 17.5. The van der Waals surface area contributed by atoms with Gasteiger partial charge in [0.2, 0.25) is 11.8 Å². The number of aryl methyl sites for hydroxylation is 2. The van der Waals surface area contributed by atoms with Crippen molar-refractivity contribution in [3.05, 3.63) is 64.7 Å². The molecule has 0 spiro atoms. The van der Waals surface area contributed by atoms with Gasteiger partial charge in [0, 0.05) is 18.5 Å². The second kappa shape index (κ2) is 16.5. The van der Waals surface area contributed by atoms with Crippen molar-refractivity contribution in [1.29, 1.82) is 0 Å². The molecule has 3 amide bonds. The maximum absolute atomic E-state index is 14.7. The van der Waals surface area contributed by atoms with Gasteiger partial charge in [0.1, 0.15) is 23.4 Å². The van der Waals surface area contributed by atoms with Crippen LogP contribution in [0.2, 0.25) is 0 Å². The van der Waals surface area contributed by atoms with Gasteiger partial charge in [-0.25, -0.2) is 4.79 Å². The molecule has 2 rings (SSSR count). The molecule has 0 saturated carbocycles. The van der Waals surface area contributed by atoms with Gasteiger partial charge in [0.05, 0.1) is 0 Å². The van der Waals surface area contributed by atoms with Gasteiger partial charge in [-0.05, 0) is 96.2 Å². The molecular weight excluding hydrogens is 554 g/mol. The first-order valence-corrected chi connectivity index (χ1v) is 16.0. The first kappa shape index (κ1) is 36.6. The Morgan fingerprint density at radius 2 is 1.43 bits per heavy atom. The van der Waals surface area contributed by atoms with Crippen LogP contribution < -0.4 is 10.6 Å². The molecule has 2 aromatic rings. The van der Waals surface area contributed by atoms with Crippen molar-refractivity contribution >= 4 is 17.9 Å². The van der Waals surface area contributed by atoms with E-state index in [-0.39, 0.29) is 24.0 Å². The largest absolute Gasteiger partial charge is 0.508 e. The molecule has 2 unspecified atom stereocenters. The van der Waals surface area contributed by atoms with Crippen molar-refractivity contribution in [2.75, 3.05) is 6.54 Å². The van der Waals surface area contributed by atoms with Gasteiger partial charge in [-0.15, -0.1) is 0 Å². The standard InChI is InChI=1S/C36H55N3O5/c1-10-11-12-13-14-15-23-39(31(32(41)38-35(4,5)6)30-25(2)17-16-18-26(30)3)33(42)29(37-34(43)44-36(7,8)9)24-27-19-21-28(40)22-20-27/h16-22,29,31,40H,10-15,23-24H2,1-9H3,(H,37,43)(H,38,41). The molecule has 0 radical (unpaired) electrons. The second-order valence-corrected chi connectivity index (χ2v) is 13.8. The third-order valence-corrected chi connectivity index (χ3v) is 7.27. The minimum atomic E-state index is -1.01. The smallest absolute Gasteiger partial charge is 0.408 e. The van der Waals surface area contributed by atoms with Gasteiger partial charge < -0.3 is 25.4 Å². The number of unbranched alkanes of at least 4 members (excludes halogenated alkanes) is 5. The number of phenolic OH excluding ortho intramolecular Hbond substituents is 1. The molecular formula is C36H55N3O5. The zero-order chi connectivity index (χ0) is 33.1. The van der Waals surface area contributed by atoms with E-state index in [1.54, 1.807) is 49.9 Å². The summed E-state index contributed by atoms with van der Waals surface area (Å²) in [6, 6.07) is 10.5. The van der Waals surface area contributed by atoms with Crippen LogP contribution in [0.25, 0.3) is 0 Å². The third kappa shape index (κ3) is 12.2. The number of nitrogens with zero attached hydrogens (tertiary/aromatic N) is 1. The first-order chi connectivity index (χ1) is 20.5. The highest BCUT2D eigenvalue weighted by Gasteiger charge is 2.38. The van der Waals surface area contributed by atoms with E-state index in [1.165, 1.54) is 0 Å². The van der Waals surface area contributed by atoms with Crippen LogP contribution in [-0.4, -0.2) is 51.6 Å². The van der Waals surface area contributed by atoms with E-state index in [4.69, 9.17) is 4.74 Å². The Kier molecular flexibility index (Phi) is 13.7. The van der Waals surface area contributed by atoms with Gasteiger partial charge >= 0.3 is 6.09 Å². The normalized spacial score (nSPS) is 13.1. The molecule has 0 aliphatic rings. The summed E-state index contributed by atoms with van der Waals surface area (Å²) in [6.07, 6.45) is 5.56. The van der Waals surface area contributed by atoms with Crippen molar-refractivity contribution in [3.63, 3.8) is 0 Å². The zero-order valence-corrected chi connectivity index (χ0v) is 28.4. The summed E-state index contributed by atoms with van der Waals surface area (Å²) in [4.78, 5) is 43.6. The number of hydrogen-bond acceptors (Lipinski definition) is 5. The molecule has 44 heavy (non-hydrogen) atoms. The fraction of sp³-hybridized carbons (Fsp3) is 0.583. The summed E-state index contributed by atoms with van der Waals surface area (Å²) in [5.74, 6) is -0.528. The summed E-state index contributed by atoms with van der Waals surface area (Å²) in [5.41, 5.74) is 2.07. The quantitative estimate of drug-likeness (QED) is 0.195. The predicted molar refractivity (Wildman–Crippen MR) is 177 cm³/mol. The predicted octanol–water partition coefficient (Wildman–Crippen LogP) is 7.29. The molecule has 0 aliphatic heterocycles. The second-order valence-electron chi connectivity index (χ2n) is 13.8. The number of amides is 3. The van der Waals surface area contributed by atoms with E-state index in [2.05, 4.69) is 17.6 Å². The fourth-order valence-electron chi connectivity index (χ4n) is 5.27. The number of hydrogen-bond donors (Lipinski definition) is 3. The molecule has 8 heteroatoms. The van der Waals surface area contributed by atoms with Crippen molar-refractivity contribution in [3.8, 4) is 5.75 Å². The molecule has 2 aromatic carbocycles. The van der Waals surface area contributed by atoms with Crippen molar-refractivity contribution in [2.24, 2.45) is 0 Å². The molecule has 3 N–H and O–H groups in total. The van der Waals surface area contributed by atoms with Crippen LogP contribution in [0.4, 0.5) is 4.79 Å². The van der Waals surface area contributed by atoms with Crippen LogP contribution in [0.1, 0.15) is 115 Å². The number of ether oxygens (including phenoxy) is 1. The number of carbonyl (C=O) groups is 3. The number of benzene rings is 2. The zero-order valence-electron chi connectivity index (χ0n) is 28.4. The highest BCUT2D eigenvalue weighted by molar-refractivity contribution is 5.93. The Morgan fingerprint density at radius 1 is 0.864 bits per heavy atom. The lowest BCUT2D eigenvalue weighted by molar-refractivity contribution is -0.143. The van der Waals surface area contributed by atoms with E-state index < -0.39 is 29.3 Å². The Balaban J connectivity index is 2.62. The Hall–Kier alpha value is -3.55. The van der Waals surface area contributed by atoms with E-state index >= 15 is 0 Å². The average Bonchev–Trinajstić information content (AvgIpc) is 2.89. The number of aromatic hydroxyl groups is 1. The minimum Gasteiger partial charge on any atom is -0.508 e. The minimum absolute atomic E-state index is 0.107. The molecule has 8 nitrogen and oxygen atoms in total. The summed E-state index contributed by atoms with van der Waals surface area (Å²) < 4.78 is 5.55. The topological polar surface area (TPSA) is 108 Å². The maximum Gasteiger partial charge on any atom is 0.408 e. The highest BCUT2D eigenvalue weighted by Crippen LogP contribution is 2.30. The van der Waals surface area contributed by atoms with Crippen LogP contribution in [0.5, 0.6) is 5.75 Å². The fourth-order valence-corrected chi connectivity index (χ4v) is 5.27. The Labute approximate surface area is 264 Å². The SMILES string of the molecule is CCCCCCCCN(C(=O)C(Cc1ccc(O)cc1)NC(=O)OC(C)(C)C)C(C(=O)NC(C)(C)C)c1c(C)cccc1C. The lowest BCUT2D eigenvalue weighted by Gasteiger charge is -2.37. The number of alkyl carbamates (subject to hydrolysis) is 1. The molecule has 0 heterocycles.